The molecule has 8 nitrogen and oxygen atoms in total. The molecule has 26 heavy (non-hydrogen) atoms. The molecule has 0 N–H and O–H groups in total. The lowest BCUT2D eigenvalue weighted by Gasteiger charge is -2.18. The summed E-state index contributed by atoms with van der Waals surface area (Å²) >= 11 is 17.2. The molecule has 0 amide bonds. The zero-order valence-electron chi connectivity index (χ0n) is 12.8. The summed E-state index contributed by atoms with van der Waals surface area (Å²) in [7, 11) is -8.50. The summed E-state index contributed by atoms with van der Waals surface area (Å²) in [6.45, 7) is 0. The highest BCUT2D eigenvalue weighted by atomic mass is 35.5. The number of rotatable bonds is 5. The Morgan fingerprint density at radius 3 is 2.08 bits per heavy atom. The highest BCUT2D eigenvalue weighted by Crippen LogP contribution is 2.32. The fourth-order valence-corrected chi connectivity index (χ4v) is 5.91. The molecule has 0 aliphatic heterocycles. The normalized spacial score (nSPS) is 12.3. The van der Waals surface area contributed by atoms with E-state index >= 15 is 0 Å². The van der Waals surface area contributed by atoms with Crippen LogP contribution in [0.1, 0.15) is 0 Å². The maximum atomic E-state index is 12.7. The Labute approximate surface area is 164 Å². The van der Waals surface area contributed by atoms with Crippen LogP contribution in [0.2, 0.25) is 15.1 Å². The number of halogens is 3. The second-order valence-corrected chi connectivity index (χ2v) is 10.2. The van der Waals surface area contributed by atoms with Crippen molar-refractivity contribution in [2.75, 3.05) is 7.05 Å². The SMILES string of the molecule is CN(S(=O)(=O)c1ccc(Cl)c([N+](=O)[O-])c1)S(=O)(=O)c1cc(Cl)ccc1Cl. The summed E-state index contributed by atoms with van der Waals surface area (Å²) in [6, 6.07) is 6.14. The summed E-state index contributed by atoms with van der Waals surface area (Å²) in [4.78, 5) is 8.89. The van der Waals surface area contributed by atoms with Crippen molar-refractivity contribution in [3.05, 3.63) is 61.6 Å². The fourth-order valence-electron chi connectivity index (χ4n) is 1.88. The maximum absolute atomic E-state index is 12.7. The molecular weight excluding hydrogens is 451 g/mol. The van der Waals surface area contributed by atoms with Crippen molar-refractivity contribution in [3.8, 4) is 0 Å². The second kappa shape index (κ2) is 7.29. The van der Waals surface area contributed by atoms with Crippen LogP contribution in [-0.2, 0) is 20.0 Å². The standard InChI is InChI=1S/C13H9Cl3N2O6S2/c1-17(26(23,24)13-6-8(14)2-4-11(13)16)25(21,22)9-3-5-10(15)12(7-9)18(19)20/h2-7H,1H3. The van der Waals surface area contributed by atoms with Gasteiger partial charge in [0, 0.05) is 18.1 Å². The van der Waals surface area contributed by atoms with Gasteiger partial charge in [0.2, 0.25) is 0 Å². The predicted octanol–water partition coefficient (Wildman–Crippen LogP) is 3.56. The highest BCUT2D eigenvalue weighted by molar-refractivity contribution is 8.04. The minimum Gasteiger partial charge on any atom is -0.258 e. The van der Waals surface area contributed by atoms with Crippen molar-refractivity contribution in [2.45, 2.75) is 9.79 Å². The lowest BCUT2D eigenvalue weighted by atomic mass is 10.3. The van der Waals surface area contributed by atoms with E-state index in [9.17, 15) is 26.9 Å². The molecule has 0 heterocycles. The zero-order chi connectivity index (χ0) is 19.9. The first-order valence-corrected chi connectivity index (χ1v) is 10.5. The number of hydrogen-bond acceptors (Lipinski definition) is 6. The van der Waals surface area contributed by atoms with E-state index in [2.05, 4.69) is 0 Å². The summed E-state index contributed by atoms with van der Waals surface area (Å²) in [5.74, 6) is 0. The third kappa shape index (κ3) is 3.80. The molecule has 2 aromatic rings. The quantitative estimate of drug-likeness (QED) is 0.499. The van der Waals surface area contributed by atoms with E-state index in [0.29, 0.717) is 6.07 Å². The average molecular weight is 460 g/mol. The van der Waals surface area contributed by atoms with Gasteiger partial charge in [-0.3, -0.25) is 10.1 Å². The first-order chi connectivity index (χ1) is 11.9. The number of sulfonamides is 2. The first kappa shape index (κ1) is 20.9. The fraction of sp³-hybridized carbons (Fsp3) is 0.0769. The molecule has 0 saturated carbocycles. The summed E-state index contributed by atoms with van der Waals surface area (Å²) in [5, 5.41) is 10.4. The van der Waals surface area contributed by atoms with Crippen LogP contribution in [0.25, 0.3) is 0 Å². The molecule has 0 unspecified atom stereocenters. The monoisotopic (exact) mass is 458 g/mol. The van der Waals surface area contributed by atoms with Crippen LogP contribution < -0.4 is 0 Å². The summed E-state index contributed by atoms with van der Waals surface area (Å²) < 4.78 is 50.6. The maximum Gasteiger partial charge on any atom is 0.289 e. The van der Waals surface area contributed by atoms with Gasteiger partial charge in [0.05, 0.1) is 14.8 Å². The van der Waals surface area contributed by atoms with Crippen molar-refractivity contribution in [1.29, 1.82) is 0 Å². The van der Waals surface area contributed by atoms with E-state index in [1.54, 1.807) is 0 Å². The molecule has 0 saturated heterocycles. The van der Waals surface area contributed by atoms with Gasteiger partial charge >= 0.3 is 0 Å². The number of nitro groups is 1. The minimum absolute atomic E-state index is 0.0286. The lowest BCUT2D eigenvalue weighted by Crippen LogP contribution is -2.33. The molecule has 0 radical (unpaired) electrons. The van der Waals surface area contributed by atoms with Crippen LogP contribution >= 0.6 is 34.8 Å². The Balaban J connectivity index is 2.61. The number of nitrogens with zero attached hydrogens (tertiary/aromatic N) is 2. The molecule has 2 rings (SSSR count). The van der Waals surface area contributed by atoms with E-state index in [4.69, 9.17) is 34.8 Å². The molecule has 0 aromatic heterocycles. The smallest absolute Gasteiger partial charge is 0.258 e. The van der Waals surface area contributed by atoms with Crippen molar-refractivity contribution < 1.29 is 21.8 Å². The molecule has 140 valence electrons. The Hall–Kier alpha value is -1.43. The van der Waals surface area contributed by atoms with Gasteiger partial charge in [-0.1, -0.05) is 38.5 Å². The van der Waals surface area contributed by atoms with Crippen LogP contribution in [-0.4, -0.2) is 32.5 Å². The predicted molar refractivity (Wildman–Crippen MR) is 96.7 cm³/mol. The number of hydrogen-bond donors (Lipinski definition) is 0. The van der Waals surface area contributed by atoms with Gasteiger partial charge in [0.15, 0.2) is 0 Å². The molecule has 2 aromatic carbocycles. The topological polar surface area (TPSA) is 115 Å². The number of nitro benzene ring substituents is 1. The van der Waals surface area contributed by atoms with Crippen LogP contribution in [0.4, 0.5) is 5.69 Å². The molecule has 13 heteroatoms. The average Bonchev–Trinajstić information content (AvgIpc) is 2.56. The summed E-state index contributed by atoms with van der Waals surface area (Å²) in [6.07, 6.45) is 0. The molecule has 0 atom stereocenters. The number of benzene rings is 2. The Morgan fingerprint density at radius 1 is 0.923 bits per heavy atom. The summed E-state index contributed by atoms with van der Waals surface area (Å²) in [5.41, 5.74) is -0.681. The van der Waals surface area contributed by atoms with Gasteiger partial charge in [-0.25, -0.2) is 16.8 Å². The zero-order valence-corrected chi connectivity index (χ0v) is 16.7. The van der Waals surface area contributed by atoms with Gasteiger partial charge in [-0.05, 0) is 30.3 Å². The van der Waals surface area contributed by atoms with Crippen molar-refractivity contribution in [2.24, 2.45) is 0 Å². The minimum atomic E-state index is -4.67. The second-order valence-electron chi connectivity index (χ2n) is 4.83. The lowest BCUT2D eigenvalue weighted by molar-refractivity contribution is -0.384. The molecule has 0 spiro atoms. The van der Waals surface area contributed by atoms with E-state index in [1.807, 2.05) is 0 Å². The third-order valence-corrected chi connectivity index (χ3v) is 8.53. The van der Waals surface area contributed by atoms with Gasteiger partial charge in [0.25, 0.3) is 25.7 Å². The van der Waals surface area contributed by atoms with Gasteiger partial charge in [0.1, 0.15) is 9.92 Å². The van der Waals surface area contributed by atoms with Crippen LogP contribution in [0.15, 0.2) is 46.2 Å². The van der Waals surface area contributed by atoms with E-state index in [1.165, 1.54) is 12.1 Å². The Morgan fingerprint density at radius 2 is 1.50 bits per heavy atom. The third-order valence-electron chi connectivity index (χ3n) is 3.26. The van der Waals surface area contributed by atoms with Gasteiger partial charge in [-0.2, -0.15) is 0 Å². The van der Waals surface area contributed by atoms with E-state index < -0.39 is 40.4 Å². The first-order valence-electron chi connectivity index (χ1n) is 6.52. The van der Waals surface area contributed by atoms with E-state index in [-0.39, 0.29) is 18.8 Å². The molecule has 0 aliphatic rings. The Kier molecular flexibility index (Phi) is 5.86. The van der Waals surface area contributed by atoms with Crippen molar-refractivity contribution in [1.82, 2.24) is 3.71 Å². The van der Waals surface area contributed by atoms with Gasteiger partial charge in [-0.15, -0.1) is 0 Å². The van der Waals surface area contributed by atoms with Crippen LogP contribution in [0.3, 0.4) is 0 Å². The molecule has 0 fully saturated rings. The highest BCUT2D eigenvalue weighted by Gasteiger charge is 2.35. The molecule has 0 aliphatic carbocycles. The largest absolute Gasteiger partial charge is 0.289 e. The van der Waals surface area contributed by atoms with Crippen LogP contribution in [0, 0.1) is 10.1 Å². The van der Waals surface area contributed by atoms with Crippen LogP contribution in [0.5, 0.6) is 0 Å². The van der Waals surface area contributed by atoms with Crippen molar-refractivity contribution >= 4 is 60.5 Å². The molecule has 0 bridgehead atoms. The van der Waals surface area contributed by atoms with Crippen molar-refractivity contribution in [3.63, 3.8) is 0 Å². The molecular formula is C13H9Cl3N2O6S2. The van der Waals surface area contributed by atoms with Gasteiger partial charge < -0.3 is 0 Å². The Bertz CT molecular complexity index is 1100. The van der Waals surface area contributed by atoms with E-state index in [0.717, 1.165) is 25.2 Å².